The van der Waals surface area contributed by atoms with Crippen LogP contribution in [0.25, 0.3) is 0 Å². The van der Waals surface area contributed by atoms with Crippen LogP contribution in [-0.2, 0) is 51.3 Å². The first-order chi connectivity index (χ1) is 24.9. The van der Waals surface area contributed by atoms with Crippen molar-refractivity contribution in [3.63, 3.8) is 0 Å². The summed E-state index contributed by atoms with van der Waals surface area (Å²) in [5, 5.41) is 3.56. The van der Waals surface area contributed by atoms with Crippen LogP contribution in [0.5, 0.6) is 0 Å². The molecule has 0 radical (unpaired) electrons. The quantitative estimate of drug-likeness (QED) is 0.187. The summed E-state index contributed by atoms with van der Waals surface area (Å²) in [6, 6.07) is 19.8. The summed E-state index contributed by atoms with van der Waals surface area (Å²) in [6.07, 6.45) is 0.395. The molecule has 0 atom stereocenters. The number of carbonyl (C=O) groups excluding carboxylic acids is 6. The minimum atomic E-state index is -2.58. The molecule has 2 aliphatic heterocycles. The summed E-state index contributed by atoms with van der Waals surface area (Å²) in [4.78, 5) is 91.2. The molecule has 2 saturated heterocycles. The van der Waals surface area contributed by atoms with Crippen molar-refractivity contribution in [3.8, 4) is 0 Å². The summed E-state index contributed by atoms with van der Waals surface area (Å²) >= 11 is 0. The molecule has 53 heavy (non-hydrogen) atoms. The van der Waals surface area contributed by atoms with Gasteiger partial charge in [-0.15, -0.1) is 10.1 Å². The molecule has 11 nitrogen and oxygen atoms in total. The Morgan fingerprint density at radius 1 is 0.604 bits per heavy atom. The standard InChI is InChI=1S/C20H29NO5Si.C20H29NO4Si/c1-14(2)12-27(25,13-15(3)4)17-7-5-16(6-8-17)11-20(24)26-21-18(22)9-10-19(21)23;1-14(2)12-26(13-15(3)4)17-7-5-16(6-8-17)11-20(24)25-21-18(22)9-10-19(21)23/h5-8,14-15,25H,9-13H2,1-4H3;5-8,14-15,26H,9-13H2,1-4H3. The Balaban J connectivity index is 0.000000286. The van der Waals surface area contributed by atoms with Crippen LogP contribution in [0.3, 0.4) is 0 Å². The highest BCUT2D eigenvalue weighted by atomic mass is 28.4. The zero-order valence-electron chi connectivity index (χ0n) is 32.7. The van der Waals surface area contributed by atoms with Gasteiger partial charge in [-0.3, -0.25) is 19.2 Å². The number of nitrogens with zero attached hydrogens (tertiary/aromatic N) is 2. The number of hydroxylamine groups is 4. The van der Waals surface area contributed by atoms with Gasteiger partial charge in [-0.25, -0.2) is 9.59 Å². The topological polar surface area (TPSA) is 148 Å². The minimum absolute atomic E-state index is 0.0360. The van der Waals surface area contributed by atoms with E-state index in [1.807, 2.05) is 36.4 Å². The van der Waals surface area contributed by atoms with Crippen molar-refractivity contribution >= 4 is 63.1 Å². The van der Waals surface area contributed by atoms with E-state index in [1.54, 1.807) is 0 Å². The number of benzene rings is 2. The molecule has 0 spiro atoms. The van der Waals surface area contributed by atoms with Crippen molar-refractivity contribution in [1.82, 2.24) is 10.1 Å². The van der Waals surface area contributed by atoms with Crippen molar-refractivity contribution in [2.75, 3.05) is 0 Å². The van der Waals surface area contributed by atoms with Crippen molar-refractivity contribution < 1.29 is 43.2 Å². The molecule has 4 rings (SSSR count). The minimum Gasteiger partial charge on any atom is -0.427 e. The van der Waals surface area contributed by atoms with E-state index >= 15 is 0 Å². The lowest BCUT2D eigenvalue weighted by Crippen LogP contribution is -2.49. The predicted octanol–water partition coefficient (Wildman–Crippen LogP) is 4.88. The highest BCUT2D eigenvalue weighted by Gasteiger charge is 2.36. The van der Waals surface area contributed by atoms with Gasteiger partial charge < -0.3 is 14.5 Å². The second kappa shape index (κ2) is 19.9. The van der Waals surface area contributed by atoms with Crippen molar-refractivity contribution in [2.24, 2.45) is 23.7 Å². The number of hydrogen-bond donors (Lipinski definition) is 1. The summed E-state index contributed by atoms with van der Waals surface area (Å²) in [5.74, 6) is -0.903. The molecule has 2 aromatic rings. The normalized spacial score (nSPS) is 15.0. The Morgan fingerprint density at radius 2 is 0.943 bits per heavy atom. The van der Waals surface area contributed by atoms with E-state index in [4.69, 9.17) is 9.68 Å². The fourth-order valence-electron chi connectivity index (χ4n) is 6.93. The smallest absolute Gasteiger partial charge is 0.337 e. The van der Waals surface area contributed by atoms with Crippen LogP contribution in [0.2, 0.25) is 24.2 Å². The first-order valence-corrected chi connectivity index (χ1v) is 23.5. The molecule has 290 valence electrons. The van der Waals surface area contributed by atoms with Gasteiger partial charge in [-0.1, -0.05) is 121 Å². The third-order valence-corrected chi connectivity index (χ3v) is 17.8. The van der Waals surface area contributed by atoms with Crippen LogP contribution < -0.4 is 10.4 Å². The van der Waals surface area contributed by atoms with Gasteiger partial charge in [0.15, 0.2) is 0 Å². The van der Waals surface area contributed by atoms with E-state index in [-0.39, 0.29) is 38.5 Å². The van der Waals surface area contributed by atoms with Gasteiger partial charge in [0, 0.05) is 25.7 Å². The highest BCUT2D eigenvalue weighted by molar-refractivity contribution is 6.85. The molecule has 1 N–H and O–H groups in total. The predicted molar refractivity (Wildman–Crippen MR) is 208 cm³/mol. The fraction of sp³-hybridized carbons (Fsp3) is 0.550. The molecule has 0 aliphatic carbocycles. The molecule has 0 saturated carbocycles. The summed E-state index contributed by atoms with van der Waals surface area (Å²) in [7, 11) is -3.60. The Labute approximate surface area is 317 Å². The van der Waals surface area contributed by atoms with E-state index < -0.39 is 52.7 Å². The fourth-order valence-corrected chi connectivity index (χ4v) is 14.8. The molecule has 0 aromatic heterocycles. The van der Waals surface area contributed by atoms with Gasteiger partial charge >= 0.3 is 11.9 Å². The van der Waals surface area contributed by atoms with E-state index in [9.17, 15) is 33.6 Å². The van der Waals surface area contributed by atoms with Crippen molar-refractivity contribution in [2.45, 2.75) is 118 Å². The molecule has 2 aliphatic rings. The summed E-state index contributed by atoms with van der Waals surface area (Å²) in [5.41, 5.74) is 1.55. The Hall–Kier alpha value is -3.95. The van der Waals surface area contributed by atoms with E-state index in [1.165, 1.54) is 17.3 Å². The van der Waals surface area contributed by atoms with Crippen molar-refractivity contribution in [1.29, 1.82) is 0 Å². The average Bonchev–Trinajstić information content (AvgIpc) is 3.54. The second-order valence-corrected chi connectivity index (χ2v) is 22.5. The van der Waals surface area contributed by atoms with Gasteiger partial charge in [0.05, 0.1) is 21.6 Å². The zero-order valence-corrected chi connectivity index (χ0v) is 34.8. The zero-order chi connectivity index (χ0) is 39.5. The van der Waals surface area contributed by atoms with Gasteiger partial charge in [-0.2, -0.15) is 0 Å². The molecule has 0 bridgehead atoms. The molecule has 2 aromatic carbocycles. The Bertz CT molecular complexity index is 1540. The maximum atomic E-state index is 12.0. The number of hydrogen-bond acceptors (Lipinski definition) is 9. The monoisotopic (exact) mass is 766 g/mol. The second-order valence-electron chi connectivity index (χ2n) is 16.1. The van der Waals surface area contributed by atoms with E-state index in [0.29, 0.717) is 39.4 Å². The lowest BCUT2D eigenvalue weighted by molar-refractivity contribution is -0.197. The molecule has 0 unspecified atom stereocenters. The van der Waals surface area contributed by atoms with Crippen molar-refractivity contribution in [3.05, 3.63) is 59.7 Å². The van der Waals surface area contributed by atoms with Gasteiger partial charge in [0.25, 0.3) is 23.6 Å². The lowest BCUT2D eigenvalue weighted by atomic mass is 10.1. The van der Waals surface area contributed by atoms with Crippen LogP contribution in [-0.4, -0.2) is 67.6 Å². The van der Waals surface area contributed by atoms with Crippen LogP contribution in [0.4, 0.5) is 0 Å². The maximum Gasteiger partial charge on any atom is 0.337 e. The molecule has 2 fully saturated rings. The average molecular weight is 767 g/mol. The summed E-state index contributed by atoms with van der Waals surface area (Å²) in [6.45, 7) is 17.5. The number of carbonyl (C=O) groups is 6. The van der Waals surface area contributed by atoms with Gasteiger partial charge in [0.2, 0.25) is 8.32 Å². The summed E-state index contributed by atoms with van der Waals surface area (Å²) < 4.78 is 0. The molecule has 4 amide bonds. The maximum absolute atomic E-state index is 12.0. The third kappa shape index (κ3) is 13.8. The van der Waals surface area contributed by atoms with Gasteiger partial charge in [-0.05, 0) is 52.1 Å². The van der Waals surface area contributed by atoms with Crippen LogP contribution in [0.1, 0.15) is 92.2 Å². The number of rotatable bonds is 16. The highest BCUT2D eigenvalue weighted by Crippen LogP contribution is 2.23. The Kier molecular flexibility index (Phi) is 16.3. The van der Waals surface area contributed by atoms with Crippen LogP contribution in [0.15, 0.2) is 48.5 Å². The van der Waals surface area contributed by atoms with E-state index in [0.717, 1.165) is 22.8 Å². The Morgan fingerprint density at radius 3 is 1.26 bits per heavy atom. The van der Waals surface area contributed by atoms with Crippen LogP contribution in [0, 0.1) is 23.7 Å². The van der Waals surface area contributed by atoms with Crippen LogP contribution >= 0.6 is 0 Å². The first kappa shape index (κ1) is 43.5. The van der Waals surface area contributed by atoms with Gasteiger partial charge in [0.1, 0.15) is 0 Å². The molecule has 2 heterocycles. The number of imide groups is 2. The van der Waals surface area contributed by atoms with E-state index in [2.05, 4.69) is 67.5 Å². The first-order valence-electron chi connectivity index (χ1n) is 18.9. The third-order valence-electron chi connectivity index (χ3n) is 9.04. The lowest BCUT2D eigenvalue weighted by Gasteiger charge is -2.29. The largest absolute Gasteiger partial charge is 0.427 e. The molecular formula is C40H58N2O9Si2. The SMILES string of the molecule is CC(C)C[SiH](CC(C)C)c1ccc(CC(=O)ON2C(=O)CCC2=O)cc1.CC(C)C[Si](O)(CC(C)C)c1ccc(CC(=O)ON2C(=O)CCC2=O)cc1. The molecular weight excluding hydrogens is 709 g/mol. The molecule has 13 heteroatoms. The number of amides is 4.